The summed E-state index contributed by atoms with van der Waals surface area (Å²) in [4.78, 5) is 2.56. The highest BCUT2D eigenvalue weighted by Crippen LogP contribution is 2.43. The SMILES string of the molecule is O=S(=O)(Cl)c1sc2cccc(S(=O)(=O)c3ccc[nH]3)c2c1Cl. The summed E-state index contributed by atoms with van der Waals surface area (Å²) >= 11 is 6.92. The zero-order valence-corrected chi connectivity index (χ0v) is 14.5. The van der Waals surface area contributed by atoms with Gasteiger partial charge >= 0.3 is 0 Å². The van der Waals surface area contributed by atoms with Crippen LogP contribution in [0.1, 0.15) is 0 Å². The quantitative estimate of drug-likeness (QED) is 0.685. The number of rotatable bonds is 3. The maximum atomic E-state index is 12.7. The third-order valence-corrected chi connectivity index (χ3v) is 8.56. The summed E-state index contributed by atoms with van der Waals surface area (Å²) in [6, 6.07) is 7.45. The molecule has 1 N–H and O–H groups in total. The van der Waals surface area contributed by atoms with Crippen molar-refractivity contribution in [3.63, 3.8) is 0 Å². The number of nitrogens with one attached hydrogen (secondary N) is 1. The summed E-state index contributed by atoms with van der Waals surface area (Å²) in [5.74, 6) is 0. The van der Waals surface area contributed by atoms with Gasteiger partial charge in [0.25, 0.3) is 9.05 Å². The van der Waals surface area contributed by atoms with Crippen LogP contribution in [0.3, 0.4) is 0 Å². The first-order valence-electron chi connectivity index (χ1n) is 5.77. The van der Waals surface area contributed by atoms with Crippen LogP contribution < -0.4 is 0 Å². The van der Waals surface area contributed by atoms with E-state index in [9.17, 15) is 16.8 Å². The van der Waals surface area contributed by atoms with Gasteiger partial charge in [-0.15, -0.1) is 11.3 Å². The fourth-order valence-electron chi connectivity index (χ4n) is 2.04. The van der Waals surface area contributed by atoms with Gasteiger partial charge in [-0.25, -0.2) is 16.8 Å². The highest BCUT2D eigenvalue weighted by atomic mass is 35.7. The van der Waals surface area contributed by atoms with Gasteiger partial charge in [-0.2, -0.15) is 0 Å². The van der Waals surface area contributed by atoms with Crippen LogP contribution in [0.5, 0.6) is 0 Å². The van der Waals surface area contributed by atoms with Crippen LogP contribution in [-0.4, -0.2) is 21.8 Å². The molecule has 3 rings (SSSR count). The molecule has 0 aliphatic heterocycles. The molecule has 5 nitrogen and oxygen atoms in total. The zero-order valence-electron chi connectivity index (χ0n) is 10.6. The lowest BCUT2D eigenvalue weighted by molar-refractivity contribution is 0.593. The van der Waals surface area contributed by atoms with Crippen molar-refractivity contribution in [2.24, 2.45) is 0 Å². The molecule has 0 saturated carbocycles. The number of fused-ring (bicyclic) bond motifs is 1. The smallest absolute Gasteiger partial charge is 0.272 e. The molecule has 2 heterocycles. The first kappa shape index (κ1) is 15.8. The van der Waals surface area contributed by atoms with E-state index in [0.29, 0.717) is 4.70 Å². The third kappa shape index (κ3) is 2.44. The molecule has 116 valence electrons. The summed E-state index contributed by atoms with van der Waals surface area (Å²) in [6.45, 7) is 0. The molecule has 0 bridgehead atoms. The third-order valence-electron chi connectivity index (χ3n) is 2.96. The summed E-state index contributed by atoms with van der Waals surface area (Å²) in [7, 11) is -2.56. The van der Waals surface area contributed by atoms with Crippen molar-refractivity contribution in [3.05, 3.63) is 41.6 Å². The lowest BCUT2D eigenvalue weighted by atomic mass is 10.3. The highest BCUT2D eigenvalue weighted by Gasteiger charge is 2.28. The molecule has 1 aromatic carbocycles. The fourth-order valence-corrected chi connectivity index (χ4v) is 6.77. The van der Waals surface area contributed by atoms with E-state index in [4.69, 9.17) is 22.3 Å². The number of aromatic amines is 1. The minimum absolute atomic E-state index is 0.00227. The second kappa shape index (κ2) is 5.24. The van der Waals surface area contributed by atoms with E-state index < -0.39 is 18.9 Å². The van der Waals surface area contributed by atoms with Gasteiger partial charge in [-0.3, -0.25) is 0 Å². The summed E-state index contributed by atoms with van der Waals surface area (Å²) in [5, 5.41) is -0.0266. The normalized spacial score (nSPS) is 12.8. The first-order valence-corrected chi connectivity index (χ1v) is 10.8. The molecule has 3 aromatic rings. The molecular formula is C12H7Cl2NO4S3. The average Bonchev–Trinajstić information content (AvgIpc) is 3.06. The van der Waals surface area contributed by atoms with E-state index in [2.05, 4.69) is 4.98 Å². The van der Waals surface area contributed by atoms with E-state index in [-0.39, 0.29) is 24.5 Å². The van der Waals surface area contributed by atoms with Gasteiger partial charge in [-0.05, 0) is 24.3 Å². The summed E-state index contributed by atoms with van der Waals surface area (Å²) in [5.41, 5.74) is 0. The van der Waals surface area contributed by atoms with Crippen molar-refractivity contribution in [2.75, 3.05) is 0 Å². The maximum absolute atomic E-state index is 12.7. The number of hydrogen-bond donors (Lipinski definition) is 1. The molecule has 2 aromatic heterocycles. The Morgan fingerprint density at radius 3 is 2.36 bits per heavy atom. The summed E-state index contributed by atoms with van der Waals surface area (Å²) in [6.07, 6.45) is 1.48. The molecule has 0 amide bonds. The second-order valence-corrected chi connectivity index (χ2v) is 10.4. The van der Waals surface area contributed by atoms with E-state index in [1.165, 1.54) is 24.4 Å². The lowest BCUT2D eigenvalue weighted by Gasteiger charge is -2.04. The molecular weight excluding hydrogens is 389 g/mol. The number of sulfone groups is 1. The van der Waals surface area contributed by atoms with Crippen molar-refractivity contribution in [3.8, 4) is 0 Å². The zero-order chi connectivity index (χ0) is 16.1. The number of benzene rings is 1. The molecule has 0 spiro atoms. The maximum Gasteiger partial charge on any atom is 0.272 e. The van der Waals surface area contributed by atoms with E-state index in [0.717, 1.165) is 11.3 Å². The van der Waals surface area contributed by atoms with Crippen LogP contribution in [-0.2, 0) is 18.9 Å². The Balaban J connectivity index is 2.40. The number of halogens is 2. The van der Waals surface area contributed by atoms with E-state index in [1.54, 1.807) is 12.1 Å². The van der Waals surface area contributed by atoms with Gasteiger partial charge in [0.05, 0.1) is 9.92 Å². The molecule has 0 aliphatic rings. The molecule has 0 atom stereocenters. The van der Waals surface area contributed by atoms with Crippen LogP contribution in [0.15, 0.2) is 50.7 Å². The fraction of sp³-hybridized carbons (Fsp3) is 0. The van der Waals surface area contributed by atoms with Crippen LogP contribution in [0, 0.1) is 0 Å². The van der Waals surface area contributed by atoms with Gasteiger partial charge in [0, 0.05) is 27.0 Å². The topological polar surface area (TPSA) is 84.1 Å². The predicted molar refractivity (Wildman–Crippen MR) is 86.1 cm³/mol. The molecule has 0 saturated heterocycles. The molecule has 0 unspecified atom stereocenters. The second-order valence-electron chi connectivity index (χ2n) is 4.31. The number of thiophene rings is 1. The van der Waals surface area contributed by atoms with Crippen LogP contribution in [0.2, 0.25) is 5.02 Å². The average molecular weight is 396 g/mol. The Hall–Kier alpha value is -1.06. The Labute approximate surface area is 139 Å². The van der Waals surface area contributed by atoms with Crippen molar-refractivity contribution in [2.45, 2.75) is 14.1 Å². The van der Waals surface area contributed by atoms with Gasteiger partial charge in [0.2, 0.25) is 9.84 Å². The Morgan fingerprint density at radius 2 is 1.77 bits per heavy atom. The Bertz CT molecular complexity index is 1070. The molecule has 0 radical (unpaired) electrons. The molecule has 0 fully saturated rings. The molecule has 10 heteroatoms. The Kier molecular flexibility index (Phi) is 3.77. The van der Waals surface area contributed by atoms with Crippen molar-refractivity contribution in [1.29, 1.82) is 0 Å². The highest BCUT2D eigenvalue weighted by molar-refractivity contribution is 8.15. The molecule has 0 aliphatic carbocycles. The monoisotopic (exact) mass is 395 g/mol. The van der Waals surface area contributed by atoms with Crippen molar-refractivity contribution < 1.29 is 16.8 Å². The number of H-pyrrole nitrogens is 1. The lowest BCUT2D eigenvalue weighted by Crippen LogP contribution is -2.02. The summed E-state index contributed by atoms with van der Waals surface area (Å²) < 4.78 is 48.6. The largest absolute Gasteiger partial charge is 0.352 e. The standard InChI is InChI=1S/C12H7Cl2NO4S3/c13-11-10-7(20-12(11)22(14,18)19)3-1-4-8(10)21(16,17)9-5-2-6-15-9/h1-6,15H. The van der Waals surface area contributed by atoms with Gasteiger partial charge in [0.15, 0.2) is 4.21 Å². The minimum Gasteiger partial charge on any atom is -0.352 e. The van der Waals surface area contributed by atoms with E-state index >= 15 is 0 Å². The van der Waals surface area contributed by atoms with Crippen LogP contribution in [0.4, 0.5) is 0 Å². The molecule has 22 heavy (non-hydrogen) atoms. The van der Waals surface area contributed by atoms with Crippen molar-refractivity contribution in [1.82, 2.24) is 4.98 Å². The van der Waals surface area contributed by atoms with Gasteiger partial charge in [0.1, 0.15) is 5.03 Å². The first-order chi connectivity index (χ1) is 10.2. The van der Waals surface area contributed by atoms with Crippen LogP contribution in [0.25, 0.3) is 10.1 Å². The van der Waals surface area contributed by atoms with Gasteiger partial charge < -0.3 is 4.98 Å². The minimum atomic E-state index is -4.06. The Morgan fingerprint density at radius 1 is 1.05 bits per heavy atom. The van der Waals surface area contributed by atoms with Gasteiger partial charge in [-0.1, -0.05) is 17.7 Å². The van der Waals surface area contributed by atoms with E-state index in [1.807, 2.05) is 0 Å². The predicted octanol–water partition coefficient (Wildman–Crippen LogP) is 3.64. The number of aromatic nitrogens is 1. The number of hydrogen-bond acceptors (Lipinski definition) is 5. The van der Waals surface area contributed by atoms with Crippen molar-refractivity contribution >= 4 is 62.6 Å². The van der Waals surface area contributed by atoms with Crippen LogP contribution >= 0.6 is 33.6 Å².